The maximum Gasteiger partial charge on any atom is 0.268 e. The molecule has 2 aliphatic heterocycles. The Morgan fingerprint density at radius 2 is 1.87 bits per heavy atom. The van der Waals surface area contributed by atoms with Gasteiger partial charge < -0.3 is 14.4 Å². The van der Waals surface area contributed by atoms with E-state index in [2.05, 4.69) is 24.0 Å². The molecule has 38 heavy (non-hydrogen) atoms. The smallest absolute Gasteiger partial charge is 0.268 e. The predicted molar refractivity (Wildman–Crippen MR) is 149 cm³/mol. The number of amides is 1. The number of fused-ring (bicyclic) bond motifs is 5. The van der Waals surface area contributed by atoms with Gasteiger partial charge in [0.25, 0.3) is 5.56 Å². The minimum absolute atomic E-state index is 0.0526. The number of rotatable bonds is 5. The molecule has 0 unspecified atom stereocenters. The zero-order valence-corrected chi connectivity index (χ0v) is 23.6. The summed E-state index contributed by atoms with van der Waals surface area (Å²) in [6.45, 7) is 11.0. The van der Waals surface area contributed by atoms with Gasteiger partial charge in [-0.2, -0.15) is 0 Å². The van der Waals surface area contributed by atoms with Crippen molar-refractivity contribution in [1.82, 2.24) is 24.1 Å². The topological polar surface area (TPSA) is 91.0 Å². The van der Waals surface area contributed by atoms with E-state index in [1.165, 1.54) is 11.8 Å². The second kappa shape index (κ2) is 10.1. The van der Waals surface area contributed by atoms with Gasteiger partial charge in [0.15, 0.2) is 5.16 Å². The fraction of sp³-hybridized carbons (Fsp3) is 0.481. The highest BCUT2D eigenvalue weighted by atomic mass is 32.2. The molecule has 2 aliphatic rings. The van der Waals surface area contributed by atoms with Gasteiger partial charge in [-0.05, 0) is 37.5 Å². The van der Waals surface area contributed by atoms with Crippen LogP contribution in [0.15, 0.2) is 34.2 Å². The number of nitrogens with zero attached hydrogens (tertiary/aromatic N) is 5. The molecule has 0 spiro atoms. The molecule has 1 amide bonds. The van der Waals surface area contributed by atoms with E-state index in [0.29, 0.717) is 61.6 Å². The first-order chi connectivity index (χ1) is 18.3. The second-order valence-corrected chi connectivity index (χ2v) is 12.7. The summed E-state index contributed by atoms with van der Waals surface area (Å²) in [7, 11) is 0. The van der Waals surface area contributed by atoms with E-state index in [1.807, 2.05) is 47.4 Å². The first kappa shape index (κ1) is 25.5. The molecule has 0 radical (unpaired) electrons. The van der Waals surface area contributed by atoms with Crippen LogP contribution in [0.3, 0.4) is 0 Å². The van der Waals surface area contributed by atoms with Crippen LogP contribution in [0, 0.1) is 12.8 Å². The normalized spacial score (nSPS) is 18.9. The summed E-state index contributed by atoms with van der Waals surface area (Å²) in [4.78, 5) is 31.1. The molecule has 11 heteroatoms. The Balaban J connectivity index is 1.52. The number of morpholine rings is 1. The summed E-state index contributed by atoms with van der Waals surface area (Å²) in [6, 6.07) is 7.85. The van der Waals surface area contributed by atoms with Crippen molar-refractivity contribution in [2.45, 2.75) is 57.2 Å². The molecule has 1 fully saturated rings. The largest absolute Gasteiger partial charge is 0.378 e. The molecule has 1 saturated heterocycles. The maximum atomic E-state index is 14.2. The summed E-state index contributed by atoms with van der Waals surface area (Å²) in [5.74, 6) is 0.839. The van der Waals surface area contributed by atoms with E-state index in [-0.39, 0.29) is 22.8 Å². The number of carbonyl (C=O) groups is 1. The van der Waals surface area contributed by atoms with Gasteiger partial charge in [-0.15, -0.1) is 21.5 Å². The van der Waals surface area contributed by atoms with Crippen LogP contribution in [0.1, 0.15) is 36.8 Å². The SMILES string of the molecule is Cc1ccc(-n2c(=O)c3c4c(sc3n3c(S[C@H](C)C(=O)N5CCOCC5)nnc23)CO[C@H](C(C)C)C4)cc1. The van der Waals surface area contributed by atoms with Crippen LogP contribution >= 0.6 is 23.1 Å². The number of benzene rings is 1. The van der Waals surface area contributed by atoms with Crippen LogP contribution < -0.4 is 5.56 Å². The third-order valence-corrected chi connectivity index (χ3v) is 9.55. The minimum Gasteiger partial charge on any atom is -0.378 e. The first-order valence-corrected chi connectivity index (χ1v) is 14.7. The van der Waals surface area contributed by atoms with E-state index in [4.69, 9.17) is 9.47 Å². The van der Waals surface area contributed by atoms with Crippen molar-refractivity contribution in [1.29, 1.82) is 0 Å². The Morgan fingerprint density at radius 1 is 1.13 bits per heavy atom. The summed E-state index contributed by atoms with van der Waals surface area (Å²) < 4.78 is 15.2. The van der Waals surface area contributed by atoms with E-state index in [9.17, 15) is 9.59 Å². The highest BCUT2D eigenvalue weighted by Crippen LogP contribution is 2.38. The zero-order valence-electron chi connectivity index (χ0n) is 22.0. The van der Waals surface area contributed by atoms with Crippen LogP contribution in [0.25, 0.3) is 21.7 Å². The fourth-order valence-corrected chi connectivity index (χ4v) is 7.35. The van der Waals surface area contributed by atoms with E-state index in [0.717, 1.165) is 26.5 Å². The predicted octanol–water partition coefficient (Wildman–Crippen LogP) is 3.84. The third-order valence-electron chi connectivity index (χ3n) is 7.33. The maximum absolute atomic E-state index is 14.2. The van der Waals surface area contributed by atoms with Gasteiger partial charge in [-0.25, -0.2) is 8.97 Å². The van der Waals surface area contributed by atoms with E-state index < -0.39 is 0 Å². The lowest BCUT2D eigenvalue weighted by Gasteiger charge is -2.28. The van der Waals surface area contributed by atoms with Crippen LogP contribution in [0.5, 0.6) is 0 Å². The number of ether oxygens (including phenoxy) is 2. The molecular formula is C27H31N5O4S2. The van der Waals surface area contributed by atoms with Gasteiger partial charge in [0.1, 0.15) is 4.83 Å². The van der Waals surface area contributed by atoms with Crippen LogP contribution in [0.4, 0.5) is 0 Å². The molecule has 0 N–H and O–H groups in total. The third kappa shape index (κ3) is 4.35. The fourth-order valence-electron chi connectivity index (χ4n) is 5.12. The Morgan fingerprint density at radius 3 is 2.58 bits per heavy atom. The standard InChI is InChI=1S/C27H31N5O4S2/c1-15(2)20-13-19-21(14-36-20)38-25-22(19)24(34)31(18-7-5-16(3)6-8-18)26-28-29-27(32(25)26)37-17(4)23(33)30-9-11-35-12-10-30/h5-8,15,17,20H,9-14H2,1-4H3/t17-,20+/m1/s1. The van der Waals surface area contributed by atoms with E-state index >= 15 is 0 Å². The quantitative estimate of drug-likeness (QED) is 0.347. The molecule has 9 nitrogen and oxygen atoms in total. The minimum atomic E-state index is -0.362. The molecule has 0 aliphatic carbocycles. The average molecular weight is 554 g/mol. The molecule has 3 aromatic heterocycles. The van der Waals surface area contributed by atoms with Crippen LogP contribution in [-0.4, -0.2) is 67.6 Å². The number of aromatic nitrogens is 4. The van der Waals surface area contributed by atoms with Crippen molar-refractivity contribution in [3.63, 3.8) is 0 Å². The van der Waals surface area contributed by atoms with Crippen molar-refractivity contribution in [3.05, 3.63) is 50.6 Å². The number of hydrogen-bond donors (Lipinski definition) is 0. The number of aryl methyl sites for hydroxylation is 1. The van der Waals surface area contributed by atoms with Gasteiger partial charge in [-0.1, -0.05) is 43.3 Å². The summed E-state index contributed by atoms with van der Waals surface area (Å²) >= 11 is 2.94. The van der Waals surface area contributed by atoms with Gasteiger partial charge in [0, 0.05) is 24.4 Å². The lowest BCUT2D eigenvalue weighted by atomic mass is 9.96. The van der Waals surface area contributed by atoms with Gasteiger partial charge in [0.05, 0.1) is 42.2 Å². The monoisotopic (exact) mass is 553 g/mol. The van der Waals surface area contributed by atoms with Crippen LogP contribution in [-0.2, 0) is 27.3 Å². The summed E-state index contributed by atoms with van der Waals surface area (Å²) in [6.07, 6.45) is 0.752. The highest BCUT2D eigenvalue weighted by Gasteiger charge is 2.31. The molecule has 4 aromatic rings. The lowest BCUT2D eigenvalue weighted by molar-refractivity contribution is -0.134. The highest BCUT2D eigenvalue weighted by molar-refractivity contribution is 8.00. The second-order valence-electron chi connectivity index (χ2n) is 10.3. The Hall–Kier alpha value is -2.73. The molecule has 0 saturated carbocycles. The molecular weight excluding hydrogens is 522 g/mol. The summed E-state index contributed by atoms with van der Waals surface area (Å²) in [5, 5.41) is 9.92. The Kier molecular flexibility index (Phi) is 6.79. The Labute approximate surface area is 228 Å². The zero-order chi connectivity index (χ0) is 26.6. The van der Waals surface area contributed by atoms with Crippen molar-refractivity contribution >= 4 is 45.0 Å². The summed E-state index contributed by atoms with van der Waals surface area (Å²) in [5.41, 5.74) is 2.81. The number of carbonyl (C=O) groups excluding carboxylic acids is 1. The van der Waals surface area contributed by atoms with Crippen molar-refractivity contribution < 1.29 is 14.3 Å². The van der Waals surface area contributed by atoms with Gasteiger partial charge >= 0.3 is 0 Å². The van der Waals surface area contributed by atoms with Crippen molar-refractivity contribution in [2.24, 2.45) is 5.92 Å². The molecule has 0 bridgehead atoms. The van der Waals surface area contributed by atoms with Crippen molar-refractivity contribution in [3.8, 4) is 5.69 Å². The number of hydrogen-bond acceptors (Lipinski definition) is 8. The lowest BCUT2D eigenvalue weighted by Crippen LogP contribution is -2.44. The average Bonchev–Trinajstić information content (AvgIpc) is 3.51. The van der Waals surface area contributed by atoms with Crippen LogP contribution in [0.2, 0.25) is 0 Å². The number of thioether (sulfide) groups is 1. The number of thiophene rings is 1. The molecule has 5 heterocycles. The molecule has 2 atom stereocenters. The van der Waals surface area contributed by atoms with Gasteiger partial charge in [0.2, 0.25) is 11.7 Å². The Bertz CT molecular complexity index is 1570. The molecule has 200 valence electrons. The van der Waals surface area contributed by atoms with Gasteiger partial charge in [-0.3, -0.25) is 9.59 Å². The molecule has 6 rings (SSSR count). The van der Waals surface area contributed by atoms with E-state index in [1.54, 1.807) is 15.9 Å². The molecule has 1 aromatic carbocycles. The first-order valence-electron chi connectivity index (χ1n) is 13.0. The van der Waals surface area contributed by atoms with Crippen molar-refractivity contribution in [2.75, 3.05) is 26.3 Å².